The molecule has 0 aromatic heterocycles. The minimum atomic E-state index is 0.467. The highest BCUT2D eigenvalue weighted by atomic mass is 14.7. The molecule has 0 radical (unpaired) electrons. The van der Waals surface area contributed by atoms with Crippen molar-refractivity contribution in [1.82, 2.24) is 0 Å². The van der Waals surface area contributed by atoms with Gasteiger partial charge in [-0.1, -0.05) is 48.5 Å². The molecule has 1 heterocycles. The Labute approximate surface area is 95.5 Å². The van der Waals surface area contributed by atoms with E-state index in [9.17, 15) is 0 Å². The third kappa shape index (κ3) is 1.54. The van der Waals surface area contributed by atoms with Crippen LogP contribution in [0.2, 0.25) is 0 Å². The van der Waals surface area contributed by atoms with E-state index in [4.69, 9.17) is 0 Å². The molecule has 1 heteroatoms. The van der Waals surface area contributed by atoms with Gasteiger partial charge in [0.25, 0.3) is 0 Å². The van der Waals surface area contributed by atoms with Gasteiger partial charge in [0.2, 0.25) is 0 Å². The summed E-state index contributed by atoms with van der Waals surface area (Å²) in [5.74, 6) is 0.467. The SMILES string of the molecule is C1=Nc2ccccc2C(c2ccccc2)C1. The quantitative estimate of drug-likeness (QED) is 0.672. The molecule has 0 saturated heterocycles. The van der Waals surface area contributed by atoms with Crippen LogP contribution in [-0.2, 0) is 0 Å². The predicted octanol–water partition coefficient (Wildman–Crippen LogP) is 3.92. The number of aliphatic imine (C=N–C) groups is 1. The van der Waals surface area contributed by atoms with Crippen molar-refractivity contribution < 1.29 is 0 Å². The van der Waals surface area contributed by atoms with Crippen molar-refractivity contribution >= 4 is 11.9 Å². The summed E-state index contributed by atoms with van der Waals surface area (Å²) in [6.45, 7) is 0. The number of benzene rings is 2. The smallest absolute Gasteiger partial charge is 0.0664 e. The molecule has 1 unspecified atom stereocenters. The highest BCUT2D eigenvalue weighted by Gasteiger charge is 2.18. The van der Waals surface area contributed by atoms with Gasteiger partial charge in [0.05, 0.1) is 5.69 Å². The number of rotatable bonds is 1. The number of hydrogen-bond acceptors (Lipinski definition) is 1. The van der Waals surface area contributed by atoms with Gasteiger partial charge in [-0.15, -0.1) is 0 Å². The van der Waals surface area contributed by atoms with Crippen molar-refractivity contribution in [3.05, 3.63) is 65.7 Å². The fraction of sp³-hybridized carbons (Fsp3) is 0.133. The second-order valence-electron chi connectivity index (χ2n) is 4.07. The lowest BCUT2D eigenvalue weighted by Gasteiger charge is -2.21. The van der Waals surface area contributed by atoms with Gasteiger partial charge in [0.15, 0.2) is 0 Å². The Morgan fingerprint density at radius 1 is 0.875 bits per heavy atom. The van der Waals surface area contributed by atoms with E-state index in [1.807, 2.05) is 12.3 Å². The fourth-order valence-electron chi connectivity index (χ4n) is 2.28. The molecule has 0 fully saturated rings. The van der Waals surface area contributed by atoms with E-state index in [0.29, 0.717) is 5.92 Å². The van der Waals surface area contributed by atoms with Crippen LogP contribution in [0.3, 0.4) is 0 Å². The average Bonchev–Trinajstić information content (AvgIpc) is 2.39. The normalized spacial score (nSPS) is 18.1. The first kappa shape index (κ1) is 9.34. The Bertz CT molecular complexity index is 514. The van der Waals surface area contributed by atoms with Gasteiger partial charge in [-0.3, -0.25) is 4.99 Å². The van der Waals surface area contributed by atoms with Gasteiger partial charge in [0, 0.05) is 12.1 Å². The maximum absolute atomic E-state index is 4.44. The van der Waals surface area contributed by atoms with Crippen LogP contribution in [0.5, 0.6) is 0 Å². The Hall–Kier alpha value is -1.89. The number of hydrogen-bond donors (Lipinski definition) is 0. The molecule has 0 aliphatic carbocycles. The van der Waals surface area contributed by atoms with E-state index < -0.39 is 0 Å². The molecule has 1 aliphatic rings. The van der Waals surface area contributed by atoms with Gasteiger partial charge in [-0.05, 0) is 23.6 Å². The van der Waals surface area contributed by atoms with E-state index >= 15 is 0 Å². The molecule has 3 rings (SSSR count). The molecular weight excluding hydrogens is 194 g/mol. The minimum absolute atomic E-state index is 0.467. The van der Waals surface area contributed by atoms with Crippen LogP contribution in [0.1, 0.15) is 23.5 Å². The zero-order valence-electron chi connectivity index (χ0n) is 9.01. The first-order valence-corrected chi connectivity index (χ1v) is 5.61. The molecule has 0 saturated carbocycles. The van der Waals surface area contributed by atoms with Gasteiger partial charge in [-0.25, -0.2) is 0 Å². The first-order valence-electron chi connectivity index (χ1n) is 5.61. The summed E-state index contributed by atoms with van der Waals surface area (Å²) < 4.78 is 0. The Balaban J connectivity index is 2.09. The van der Waals surface area contributed by atoms with Crippen molar-refractivity contribution in [1.29, 1.82) is 0 Å². The summed E-state index contributed by atoms with van der Waals surface area (Å²) >= 11 is 0. The minimum Gasteiger partial charge on any atom is -0.261 e. The second kappa shape index (κ2) is 3.93. The van der Waals surface area contributed by atoms with Crippen LogP contribution in [0, 0.1) is 0 Å². The molecule has 1 aliphatic heterocycles. The van der Waals surface area contributed by atoms with Crippen molar-refractivity contribution in [2.45, 2.75) is 12.3 Å². The molecule has 2 aromatic rings. The highest BCUT2D eigenvalue weighted by Crippen LogP contribution is 2.36. The molecule has 0 spiro atoms. The Morgan fingerprint density at radius 3 is 2.50 bits per heavy atom. The highest BCUT2D eigenvalue weighted by molar-refractivity contribution is 5.71. The monoisotopic (exact) mass is 207 g/mol. The number of fused-ring (bicyclic) bond motifs is 1. The summed E-state index contributed by atoms with van der Waals surface area (Å²) in [5, 5.41) is 0. The van der Waals surface area contributed by atoms with Crippen LogP contribution in [-0.4, -0.2) is 6.21 Å². The molecule has 0 N–H and O–H groups in total. The summed E-state index contributed by atoms with van der Waals surface area (Å²) in [6, 6.07) is 19.1. The van der Waals surface area contributed by atoms with E-state index in [-0.39, 0.29) is 0 Å². The molecule has 1 nitrogen and oxygen atoms in total. The lowest BCUT2D eigenvalue weighted by Crippen LogP contribution is -2.05. The number of nitrogens with zero attached hydrogens (tertiary/aromatic N) is 1. The van der Waals surface area contributed by atoms with Gasteiger partial charge in [-0.2, -0.15) is 0 Å². The summed E-state index contributed by atoms with van der Waals surface area (Å²) in [4.78, 5) is 4.44. The number of para-hydroxylation sites is 1. The topological polar surface area (TPSA) is 12.4 Å². The zero-order valence-corrected chi connectivity index (χ0v) is 9.01. The van der Waals surface area contributed by atoms with Crippen LogP contribution in [0.4, 0.5) is 5.69 Å². The van der Waals surface area contributed by atoms with Crippen LogP contribution >= 0.6 is 0 Å². The third-order valence-electron chi connectivity index (χ3n) is 3.09. The van der Waals surface area contributed by atoms with Gasteiger partial charge >= 0.3 is 0 Å². The van der Waals surface area contributed by atoms with E-state index in [2.05, 4.69) is 53.5 Å². The van der Waals surface area contributed by atoms with Crippen molar-refractivity contribution in [3.8, 4) is 0 Å². The average molecular weight is 207 g/mol. The Morgan fingerprint density at radius 2 is 1.62 bits per heavy atom. The Kier molecular flexibility index (Phi) is 2.30. The van der Waals surface area contributed by atoms with Gasteiger partial charge in [0.1, 0.15) is 0 Å². The zero-order chi connectivity index (χ0) is 10.8. The first-order chi connectivity index (χ1) is 7.95. The molecule has 0 bridgehead atoms. The van der Waals surface area contributed by atoms with Crippen LogP contribution in [0.15, 0.2) is 59.6 Å². The van der Waals surface area contributed by atoms with E-state index in [1.165, 1.54) is 11.1 Å². The fourth-order valence-corrected chi connectivity index (χ4v) is 2.28. The molecule has 2 aromatic carbocycles. The second-order valence-corrected chi connectivity index (χ2v) is 4.07. The lowest BCUT2D eigenvalue weighted by molar-refractivity contribution is 0.852. The maximum Gasteiger partial charge on any atom is 0.0664 e. The lowest BCUT2D eigenvalue weighted by atomic mass is 9.86. The van der Waals surface area contributed by atoms with Crippen molar-refractivity contribution in [2.75, 3.05) is 0 Å². The van der Waals surface area contributed by atoms with Crippen molar-refractivity contribution in [3.63, 3.8) is 0 Å². The van der Waals surface area contributed by atoms with Crippen LogP contribution < -0.4 is 0 Å². The van der Waals surface area contributed by atoms with Crippen LogP contribution in [0.25, 0.3) is 0 Å². The largest absolute Gasteiger partial charge is 0.261 e. The molecule has 0 amide bonds. The predicted molar refractivity (Wildman–Crippen MR) is 67.5 cm³/mol. The summed E-state index contributed by atoms with van der Waals surface area (Å²) in [5.41, 5.74) is 3.83. The molecule has 1 atom stereocenters. The summed E-state index contributed by atoms with van der Waals surface area (Å²) in [6.07, 6.45) is 3.03. The van der Waals surface area contributed by atoms with Crippen molar-refractivity contribution in [2.24, 2.45) is 4.99 Å². The van der Waals surface area contributed by atoms with Gasteiger partial charge < -0.3 is 0 Å². The molecule has 16 heavy (non-hydrogen) atoms. The van der Waals surface area contributed by atoms with E-state index in [0.717, 1.165) is 12.1 Å². The summed E-state index contributed by atoms with van der Waals surface area (Å²) in [7, 11) is 0. The van der Waals surface area contributed by atoms with E-state index in [1.54, 1.807) is 0 Å². The maximum atomic E-state index is 4.44. The third-order valence-corrected chi connectivity index (χ3v) is 3.09. The molecule has 78 valence electrons. The molecular formula is C15H13N. The standard InChI is InChI=1S/C15H13N/c1-2-6-12(7-3-1)13-10-11-16-15-9-5-4-8-14(13)15/h1-9,11,13H,10H2.